The number of aromatic hydroxyl groups is 4. The summed E-state index contributed by atoms with van der Waals surface area (Å²) in [6.45, 7) is 0. The van der Waals surface area contributed by atoms with E-state index < -0.39 is 12.2 Å². The zero-order valence-electron chi connectivity index (χ0n) is 11.2. The first-order valence-electron chi connectivity index (χ1n) is 6.37. The van der Waals surface area contributed by atoms with Gasteiger partial charge in [-0.25, -0.2) is 0 Å². The van der Waals surface area contributed by atoms with Gasteiger partial charge in [-0.15, -0.1) is 0 Å². The third-order valence-corrected chi connectivity index (χ3v) is 3.51. The Bertz CT molecular complexity index is 703. The zero-order chi connectivity index (χ0) is 15.1. The second-order valence-corrected chi connectivity index (χ2v) is 5.00. The van der Waals surface area contributed by atoms with Gasteiger partial charge in [-0.1, -0.05) is 6.07 Å². The molecule has 2 atom stereocenters. The number of phenols is 4. The summed E-state index contributed by atoms with van der Waals surface area (Å²) in [6, 6.07) is 6.67. The van der Waals surface area contributed by atoms with Gasteiger partial charge in [-0.2, -0.15) is 0 Å². The number of fused-ring (bicyclic) bond motifs is 1. The number of ether oxygens (including phenoxy) is 1. The van der Waals surface area contributed by atoms with Gasteiger partial charge in [-0.05, 0) is 17.7 Å². The minimum atomic E-state index is -0.933. The van der Waals surface area contributed by atoms with E-state index in [2.05, 4.69) is 0 Å². The predicted octanol–water partition coefficient (Wildman–Crippen LogP) is 1.54. The molecular formula is C15H14FeO6. The molecule has 0 fully saturated rings. The number of hydrogen-bond acceptors (Lipinski definition) is 6. The summed E-state index contributed by atoms with van der Waals surface area (Å²) in [4.78, 5) is 0. The standard InChI is InChI=1S/C15H14O6.Fe/c16-8-4-11(18)9-6-13(20)15(21-14(9)5-8)7-1-2-10(17)12(19)3-7;/h1-5,13,15-20H,6H2;/t13-,15+;/m0./s1. The number of benzene rings is 2. The van der Waals surface area contributed by atoms with Gasteiger partial charge in [0.1, 0.15) is 23.4 Å². The molecule has 2 aromatic rings. The molecule has 0 amide bonds. The SMILES string of the molecule is Oc1cc(O)c2c(c1)O[C@H](c1ccc(O)c(O)c1)[C@@H](O)C2.[Fe]. The Morgan fingerprint density at radius 2 is 1.64 bits per heavy atom. The Morgan fingerprint density at radius 3 is 2.32 bits per heavy atom. The van der Waals surface area contributed by atoms with E-state index >= 15 is 0 Å². The van der Waals surface area contributed by atoms with Gasteiger partial charge in [0.15, 0.2) is 11.5 Å². The zero-order valence-corrected chi connectivity index (χ0v) is 12.4. The first-order chi connectivity index (χ1) is 9.95. The van der Waals surface area contributed by atoms with Crippen LogP contribution in [0.25, 0.3) is 0 Å². The monoisotopic (exact) mass is 346 g/mol. The van der Waals surface area contributed by atoms with E-state index in [0.717, 1.165) is 0 Å². The largest absolute Gasteiger partial charge is 0.508 e. The van der Waals surface area contributed by atoms with E-state index in [0.29, 0.717) is 11.1 Å². The van der Waals surface area contributed by atoms with Crippen molar-refractivity contribution in [3.05, 3.63) is 41.5 Å². The third-order valence-electron chi connectivity index (χ3n) is 3.51. The Morgan fingerprint density at radius 1 is 0.909 bits per heavy atom. The molecule has 1 aliphatic rings. The van der Waals surface area contributed by atoms with E-state index in [4.69, 9.17) is 4.74 Å². The van der Waals surface area contributed by atoms with Crippen LogP contribution in [-0.4, -0.2) is 31.6 Å². The molecule has 0 saturated carbocycles. The van der Waals surface area contributed by atoms with Crippen LogP contribution in [0.3, 0.4) is 0 Å². The fourth-order valence-electron chi connectivity index (χ4n) is 2.47. The fraction of sp³-hybridized carbons (Fsp3) is 0.200. The Kier molecular flexibility index (Phi) is 4.42. The van der Waals surface area contributed by atoms with Crippen LogP contribution < -0.4 is 4.74 Å². The topological polar surface area (TPSA) is 110 Å². The summed E-state index contributed by atoms with van der Waals surface area (Å²) in [5.74, 6) is -0.589. The van der Waals surface area contributed by atoms with Gasteiger partial charge < -0.3 is 30.3 Å². The fourth-order valence-corrected chi connectivity index (χ4v) is 2.47. The van der Waals surface area contributed by atoms with Crippen LogP contribution in [0.1, 0.15) is 17.2 Å². The quantitative estimate of drug-likeness (QED) is 0.396. The molecule has 0 radical (unpaired) electrons. The third kappa shape index (κ3) is 2.78. The van der Waals surface area contributed by atoms with Gasteiger partial charge in [0, 0.05) is 41.2 Å². The Labute approximate surface area is 136 Å². The van der Waals surface area contributed by atoms with Crippen molar-refractivity contribution >= 4 is 0 Å². The van der Waals surface area contributed by atoms with Crippen LogP contribution in [0.2, 0.25) is 0 Å². The molecule has 0 saturated heterocycles. The molecule has 118 valence electrons. The summed E-state index contributed by atoms with van der Waals surface area (Å²) < 4.78 is 5.62. The van der Waals surface area contributed by atoms with Crippen LogP contribution in [0.4, 0.5) is 0 Å². The van der Waals surface area contributed by atoms with Crippen LogP contribution in [0, 0.1) is 0 Å². The first kappa shape index (κ1) is 16.3. The van der Waals surface area contributed by atoms with Gasteiger partial charge in [0.05, 0.1) is 6.10 Å². The van der Waals surface area contributed by atoms with Crippen molar-refractivity contribution in [3.8, 4) is 28.7 Å². The molecule has 5 N–H and O–H groups in total. The van der Waals surface area contributed by atoms with E-state index in [-0.39, 0.29) is 52.2 Å². The number of phenolic OH excluding ortho intramolecular Hbond substituents is 4. The van der Waals surface area contributed by atoms with Crippen LogP contribution in [0.15, 0.2) is 30.3 Å². The van der Waals surface area contributed by atoms with Gasteiger partial charge in [0.2, 0.25) is 0 Å². The van der Waals surface area contributed by atoms with Crippen LogP contribution in [-0.2, 0) is 23.5 Å². The van der Waals surface area contributed by atoms with Crippen molar-refractivity contribution in [2.24, 2.45) is 0 Å². The van der Waals surface area contributed by atoms with Crippen molar-refractivity contribution in [3.63, 3.8) is 0 Å². The molecule has 7 heteroatoms. The second-order valence-electron chi connectivity index (χ2n) is 5.00. The molecule has 0 aromatic heterocycles. The number of aliphatic hydroxyl groups excluding tert-OH is 1. The molecule has 0 bridgehead atoms. The van der Waals surface area contributed by atoms with Crippen molar-refractivity contribution in [2.45, 2.75) is 18.6 Å². The average molecular weight is 346 g/mol. The maximum atomic E-state index is 10.2. The molecule has 6 nitrogen and oxygen atoms in total. The molecule has 0 aliphatic carbocycles. The van der Waals surface area contributed by atoms with Gasteiger partial charge in [-0.3, -0.25) is 0 Å². The molecule has 1 aliphatic heterocycles. The number of hydrogen-bond donors (Lipinski definition) is 5. The van der Waals surface area contributed by atoms with E-state index in [1.807, 2.05) is 0 Å². The summed E-state index contributed by atoms with van der Waals surface area (Å²) in [5, 5.41) is 48.3. The second kappa shape index (κ2) is 5.96. The van der Waals surface area contributed by atoms with E-state index in [1.54, 1.807) is 0 Å². The normalized spacial score (nSPS) is 19.7. The summed E-state index contributed by atoms with van der Waals surface area (Å²) in [7, 11) is 0. The van der Waals surface area contributed by atoms with Crippen molar-refractivity contribution in [2.75, 3.05) is 0 Å². The van der Waals surface area contributed by atoms with E-state index in [1.165, 1.54) is 30.3 Å². The average Bonchev–Trinajstić information content (AvgIpc) is 2.42. The molecular weight excluding hydrogens is 332 g/mol. The van der Waals surface area contributed by atoms with Crippen molar-refractivity contribution < 1.29 is 47.3 Å². The molecule has 22 heavy (non-hydrogen) atoms. The minimum Gasteiger partial charge on any atom is -0.508 e. The molecule has 0 spiro atoms. The maximum Gasteiger partial charge on any atom is 0.157 e. The molecule has 1 heterocycles. The molecule has 0 unspecified atom stereocenters. The van der Waals surface area contributed by atoms with Crippen molar-refractivity contribution in [1.82, 2.24) is 0 Å². The maximum absolute atomic E-state index is 10.2. The Balaban J connectivity index is 0.00000176. The smallest absolute Gasteiger partial charge is 0.157 e. The van der Waals surface area contributed by atoms with Crippen molar-refractivity contribution in [1.29, 1.82) is 0 Å². The minimum absolute atomic E-state index is 0. The Hall–Kier alpha value is -2.08. The summed E-state index contributed by atoms with van der Waals surface area (Å²) in [6.07, 6.45) is -1.56. The van der Waals surface area contributed by atoms with Crippen LogP contribution >= 0.6 is 0 Å². The van der Waals surface area contributed by atoms with Gasteiger partial charge in [0.25, 0.3) is 0 Å². The molecule has 3 rings (SSSR count). The number of aliphatic hydroxyl groups is 1. The van der Waals surface area contributed by atoms with E-state index in [9.17, 15) is 25.5 Å². The van der Waals surface area contributed by atoms with Crippen LogP contribution in [0.5, 0.6) is 28.7 Å². The molecule has 2 aromatic carbocycles. The van der Waals surface area contributed by atoms with Gasteiger partial charge >= 0.3 is 0 Å². The summed E-state index contributed by atoms with van der Waals surface area (Å²) in [5.41, 5.74) is 0.894. The number of rotatable bonds is 1. The predicted molar refractivity (Wildman–Crippen MR) is 72.6 cm³/mol. The first-order valence-corrected chi connectivity index (χ1v) is 6.37. The summed E-state index contributed by atoms with van der Waals surface area (Å²) >= 11 is 0.